The van der Waals surface area contributed by atoms with Gasteiger partial charge in [0.1, 0.15) is 6.04 Å². The Balaban J connectivity index is 2.27. The van der Waals surface area contributed by atoms with Gasteiger partial charge in [-0.05, 0) is 13.8 Å². The summed E-state index contributed by atoms with van der Waals surface area (Å²) in [6.07, 6.45) is 0. The van der Waals surface area contributed by atoms with Crippen molar-refractivity contribution in [1.82, 2.24) is 10.6 Å². The highest BCUT2D eigenvalue weighted by Gasteiger charge is 2.22. The fraction of sp³-hybridized carbons (Fsp3) is 0.889. The molecule has 0 aromatic carbocycles. The molecule has 1 amide bonds. The summed E-state index contributed by atoms with van der Waals surface area (Å²) >= 11 is 0. The van der Waals surface area contributed by atoms with Crippen LogP contribution in [0.25, 0.3) is 0 Å². The Morgan fingerprint density at radius 2 is 2.43 bits per heavy atom. The maximum absolute atomic E-state index is 11.5. The van der Waals surface area contributed by atoms with Crippen LogP contribution in [0, 0.1) is 0 Å². The fourth-order valence-corrected chi connectivity index (χ4v) is 1.16. The van der Waals surface area contributed by atoms with E-state index in [2.05, 4.69) is 10.6 Å². The molecule has 1 aliphatic heterocycles. The normalized spacial score (nSPS) is 23.2. The minimum absolute atomic E-state index is 0.119. The van der Waals surface area contributed by atoms with Crippen molar-refractivity contribution in [2.24, 2.45) is 0 Å². The van der Waals surface area contributed by atoms with Crippen molar-refractivity contribution in [3.8, 4) is 0 Å². The van der Waals surface area contributed by atoms with E-state index >= 15 is 0 Å². The number of hydrogen-bond donors (Lipinski definition) is 3. The van der Waals surface area contributed by atoms with Crippen molar-refractivity contribution >= 4 is 5.91 Å². The standard InChI is InChI=1S/C9H18N2O3/c1-9(2,13)6-11-8(12)7-5-14-4-3-10-7/h7,10,13H,3-6H2,1-2H3,(H,11,12). The third kappa shape index (κ3) is 4.04. The van der Waals surface area contributed by atoms with Crippen molar-refractivity contribution in [3.05, 3.63) is 0 Å². The average molecular weight is 202 g/mol. The number of morpholine rings is 1. The molecule has 82 valence electrons. The Labute approximate surface area is 83.8 Å². The van der Waals surface area contributed by atoms with Gasteiger partial charge in [0.05, 0.1) is 18.8 Å². The van der Waals surface area contributed by atoms with E-state index < -0.39 is 5.60 Å². The lowest BCUT2D eigenvalue weighted by atomic mass is 10.1. The fourth-order valence-electron chi connectivity index (χ4n) is 1.16. The summed E-state index contributed by atoms with van der Waals surface area (Å²) in [7, 11) is 0. The molecule has 1 atom stereocenters. The molecule has 1 rings (SSSR count). The van der Waals surface area contributed by atoms with E-state index in [-0.39, 0.29) is 18.5 Å². The number of hydrogen-bond acceptors (Lipinski definition) is 4. The van der Waals surface area contributed by atoms with Crippen LogP contribution < -0.4 is 10.6 Å². The van der Waals surface area contributed by atoms with Crippen molar-refractivity contribution in [2.45, 2.75) is 25.5 Å². The number of carbonyl (C=O) groups excluding carboxylic acids is 1. The number of carbonyl (C=O) groups is 1. The molecule has 1 unspecified atom stereocenters. The number of ether oxygens (including phenoxy) is 1. The first kappa shape index (κ1) is 11.4. The van der Waals surface area contributed by atoms with Gasteiger partial charge in [-0.15, -0.1) is 0 Å². The maximum Gasteiger partial charge on any atom is 0.239 e. The summed E-state index contributed by atoms with van der Waals surface area (Å²) in [5.41, 5.74) is -0.870. The lowest BCUT2D eigenvalue weighted by Crippen LogP contribution is -2.53. The number of aliphatic hydroxyl groups is 1. The van der Waals surface area contributed by atoms with Gasteiger partial charge in [0.25, 0.3) is 0 Å². The van der Waals surface area contributed by atoms with Crippen LogP contribution in [0.4, 0.5) is 0 Å². The average Bonchev–Trinajstić information content (AvgIpc) is 2.14. The maximum atomic E-state index is 11.5. The Bertz CT molecular complexity index is 195. The molecule has 0 saturated carbocycles. The molecule has 1 aliphatic rings. The molecule has 3 N–H and O–H groups in total. The summed E-state index contributed by atoms with van der Waals surface area (Å²) in [6, 6.07) is -0.286. The van der Waals surface area contributed by atoms with E-state index in [0.717, 1.165) is 0 Å². The molecule has 0 radical (unpaired) electrons. The second kappa shape index (κ2) is 4.72. The second-order valence-corrected chi connectivity index (χ2v) is 4.11. The molecular weight excluding hydrogens is 184 g/mol. The Hall–Kier alpha value is -0.650. The molecule has 0 spiro atoms. The zero-order valence-electron chi connectivity index (χ0n) is 8.67. The van der Waals surface area contributed by atoms with Crippen LogP contribution in [0.1, 0.15) is 13.8 Å². The molecule has 0 aromatic heterocycles. The largest absolute Gasteiger partial charge is 0.389 e. The molecule has 1 fully saturated rings. The first-order valence-corrected chi connectivity index (χ1v) is 4.80. The molecule has 0 bridgehead atoms. The van der Waals surface area contributed by atoms with Gasteiger partial charge >= 0.3 is 0 Å². The third-order valence-electron chi connectivity index (χ3n) is 1.93. The van der Waals surface area contributed by atoms with Crippen molar-refractivity contribution < 1.29 is 14.6 Å². The summed E-state index contributed by atoms with van der Waals surface area (Å²) in [6.45, 7) is 5.30. The van der Waals surface area contributed by atoms with E-state index in [1.165, 1.54) is 0 Å². The van der Waals surface area contributed by atoms with Crippen LogP contribution in [0.15, 0.2) is 0 Å². The van der Waals surface area contributed by atoms with Gasteiger partial charge in [-0.2, -0.15) is 0 Å². The van der Waals surface area contributed by atoms with E-state index in [0.29, 0.717) is 19.8 Å². The molecule has 5 heteroatoms. The summed E-state index contributed by atoms with van der Waals surface area (Å²) in [4.78, 5) is 11.5. The van der Waals surface area contributed by atoms with Crippen LogP contribution in [0.2, 0.25) is 0 Å². The van der Waals surface area contributed by atoms with Gasteiger partial charge in [-0.3, -0.25) is 4.79 Å². The topological polar surface area (TPSA) is 70.6 Å². The summed E-state index contributed by atoms with van der Waals surface area (Å²) < 4.78 is 5.15. The predicted octanol–water partition coefficient (Wildman–Crippen LogP) is -1.14. The monoisotopic (exact) mass is 202 g/mol. The van der Waals surface area contributed by atoms with Gasteiger partial charge in [0.15, 0.2) is 0 Å². The van der Waals surface area contributed by atoms with Crippen molar-refractivity contribution in [3.63, 3.8) is 0 Å². The van der Waals surface area contributed by atoms with Crippen LogP contribution >= 0.6 is 0 Å². The molecule has 1 saturated heterocycles. The number of rotatable bonds is 3. The van der Waals surface area contributed by atoms with Gasteiger partial charge in [0, 0.05) is 13.1 Å². The smallest absolute Gasteiger partial charge is 0.239 e. The molecule has 1 heterocycles. The number of nitrogens with one attached hydrogen (secondary N) is 2. The Kier molecular flexibility index (Phi) is 3.86. The summed E-state index contributed by atoms with van der Waals surface area (Å²) in [5.74, 6) is -0.119. The Morgan fingerprint density at radius 1 is 1.71 bits per heavy atom. The summed E-state index contributed by atoms with van der Waals surface area (Å²) in [5, 5.41) is 15.1. The van der Waals surface area contributed by atoms with Crippen molar-refractivity contribution in [2.75, 3.05) is 26.3 Å². The van der Waals surface area contributed by atoms with Crippen LogP contribution in [0.3, 0.4) is 0 Å². The van der Waals surface area contributed by atoms with Crippen LogP contribution in [-0.4, -0.2) is 49.0 Å². The minimum Gasteiger partial charge on any atom is -0.389 e. The first-order valence-electron chi connectivity index (χ1n) is 4.80. The molecule has 14 heavy (non-hydrogen) atoms. The SMILES string of the molecule is CC(C)(O)CNC(=O)C1COCCN1. The first-order chi connectivity index (χ1) is 6.49. The zero-order chi connectivity index (χ0) is 10.6. The van der Waals surface area contributed by atoms with Gasteiger partial charge in [-0.25, -0.2) is 0 Å². The van der Waals surface area contributed by atoms with E-state index in [4.69, 9.17) is 4.74 Å². The molecule has 0 aromatic rings. The van der Waals surface area contributed by atoms with E-state index in [9.17, 15) is 9.90 Å². The highest BCUT2D eigenvalue weighted by molar-refractivity contribution is 5.82. The van der Waals surface area contributed by atoms with Gasteiger partial charge < -0.3 is 20.5 Å². The highest BCUT2D eigenvalue weighted by Crippen LogP contribution is 1.98. The highest BCUT2D eigenvalue weighted by atomic mass is 16.5. The zero-order valence-corrected chi connectivity index (χ0v) is 8.67. The van der Waals surface area contributed by atoms with Gasteiger partial charge in [-0.1, -0.05) is 0 Å². The van der Waals surface area contributed by atoms with E-state index in [1.807, 2.05) is 0 Å². The van der Waals surface area contributed by atoms with Crippen LogP contribution in [0.5, 0.6) is 0 Å². The second-order valence-electron chi connectivity index (χ2n) is 4.11. The molecular formula is C9H18N2O3. The lowest BCUT2D eigenvalue weighted by molar-refractivity contribution is -0.126. The Morgan fingerprint density at radius 3 is 2.93 bits per heavy atom. The minimum atomic E-state index is -0.870. The van der Waals surface area contributed by atoms with Crippen molar-refractivity contribution in [1.29, 1.82) is 0 Å². The van der Waals surface area contributed by atoms with Gasteiger partial charge in [0.2, 0.25) is 5.91 Å². The third-order valence-corrected chi connectivity index (χ3v) is 1.93. The quantitative estimate of drug-likeness (QED) is 0.541. The molecule has 5 nitrogen and oxygen atoms in total. The number of amides is 1. The van der Waals surface area contributed by atoms with E-state index in [1.54, 1.807) is 13.8 Å². The molecule has 0 aliphatic carbocycles. The predicted molar refractivity (Wildman–Crippen MR) is 51.9 cm³/mol. The van der Waals surface area contributed by atoms with Crippen LogP contribution in [-0.2, 0) is 9.53 Å². The lowest BCUT2D eigenvalue weighted by Gasteiger charge is -2.25.